The largest absolute Gasteiger partial charge is 0.462 e. The van der Waals surface area contributed by atoms with E-state index in [0.717, 1.165) is 31.8 Å². The molecule has 1 saturated carbocycles. The summed E-state index contributed by atoms with van der Waals surface area (Å²) in [5.74, 6) is -0.754. The molecule has 2 rings (SSSR count). The molecule has 0 aromatic heterocycles. The predicted molar refractivity (Wildman–Crippen MR) is 67.9 cm³/mol. The molecule has 1 heterocycles. The molecule has 0 aromatic rings. The third-order valence-electron chi connectivity index (χ3n) is 3.87. The normalized spacial score (nSPS) is 26.2. The highest BCUT2D eigenvalue weighted by Gasteiger charge is 2.47. The number of amides is 2. The van der Waals surface area contributed by atoms with Crippen LogP contribution in [0.5, 0.6) is 0 Å². The minimum Gasteiger partial charge on any atom is -0.462 e. The van der Waals surface area contributed by atoms with E-state index < -0.39 is 5.97 Å². The monoisotopic (exact) mass is 265 g/mol. The predicted octanol–water partition coefficient (Wildman–Crippen LogP) is 1.28. The zero-order valence-electron chi connectivity index (χ0n) is 11.0. The molecule has 2 aliphatic rings. The number of hydrogen-bond donors (Lipinski definition) is 0. The minimum atomic E-state index is -0.479. The second-order valence-corrected chi connectivity index (χ2v) is 5.05. The number of carbonyl (C=O) groups is 3. The van der Waals surface area contributed by atoms with Crippen LogP contribution in [-0.4, -0.2) is 35.8 Å². The van der Waals surface area contributed by atoms with Crippen LogP contribution in [0.25, 0.3) is 0 Å². The molecule has 2 fully saturated rings. The van der Waals surface area contributed by atoms with Crippen LogP contribution in [0.3, 0.4) is 0 Å². The lowest BCUT2D eigenvalue weighted by Gasteiger charge is -2.19. The van der Waals surface area contributed by atoms with Gasteiger partial charge in [0.1, 0.15) is 0 Å². The Balaban J connectivity index is 1.83. The van der Waals surface area contributed by atoms with Crippen LogP contribution >= 0.6 is 0 Å². The minimum absolute atomic E-state index is 0.0373. The number of nitrogens with zero attached hydrogens (tertiary/aromatic N) is 1. The Labute approximate surface area is 112 Å². The Bertz CT molecular complexity index is 380. The van der Waals surface area contributed by atoms with Gasteiger partial charge in [0.05, 0.1) is 18.4 Å². The van der Waals surface area contributed by atoms with Crippen molar-refractivity contribution in [3.63, 3.8) is 0 Å². The zero-order valence-corrected chi connectivity index (χ0v) is 11.0. The van der Waals surface area contributed by atoms with Crippen molar-refractivity contribution in [2.45, 2.75) is 32.1 Å². The van der Waals surface area contributed by atoms with Crippen molar-refractivity contribution in [2.24, 2.45) is 11.8 Å². The first-order valence-electron chi connectivity index (χ1n) is 6.79. The lowest BCUT2D eigenvalue weighted by molar-refractivity contribution is -0.140. The molecule has 0 spiro atoms. The Hall–Kier alpha value is -1.65. The highest BCUT2D eigenvalue weighted by atomic mass is 16.5. The summed E-state index contributed by atoms with van der Waals surface area (Å²) in [5.41, 5.74) is 0. The van der Waals surface area contributed by atoms with Crippen molar-refractivity contribution >= 4 is 17.8 Å². The highest BCUT2D eigenvalue weighted by Crippen LogP contribution is 2.37. The topological polar surface area (TPSA) is 63.7 Å². The first-order chi connectivity index (χ1) is 9.15. The fraction of sp³-hybridized carbons (Fsp3) is 0.643. The van der Waals surface area contributed by atoms with Crippen molar-refractivity contribution in [3.05, 3.63) is 12.7 Å². The number of esters is 1. The molecule has 0 aromatic carbocycles. The van der Waals surface area contributed by atoms with Gasteiger partial charge in [-0.15, -0.1) is 0 Å². The number of rotatable bonds is 5. The summed E-state index contributed by atoms with van der Waals surface area (Å²) in [7, 11) is 0. The number of carbonyl (C=O) groups excluding carboxylic acids is 3. The third kappa shape index (κ3) is 2.85. The molecule has 0 bridgehead atoms. The summed E-state index contributed by atoms with van der Waals surface area (Å²) >= 11 is 0. The third-order valence-corrected chi connectivity index (χ3v) is 3.87. The molecule has 2 atom stereocenters. The zero-order chi connectivity index (χ0) is 13.8. The van der Waals surface area contributed by atoms with Gasteiger partial charge in [0.2, 0.25) is 11.8 Å². The molecule has 19 heavy (non-hydrogen) atoms. The lowest BCUT2D eigenvalue weighted by Crippen LogP contribution is -2.32. The van der Waals surface area contributed by atoms with Crippen LogP contribution in [0.2, 0.25) is 0 Å². The van der Waals surface area contributed by atoms with Gasteiger partial charge in [-0.2, -0.15) is 0 Å². The van der Waals surface area contributed by atoms with Crippen molar-refractivity contribution in [1.29, 1.82) is 0 Å². The number of imide groups is 1. The van der Waals surface area contributed by atoms with E-state index in [1.165, 1.54) is 4.90 Å². The van der Waals surface area contributed by atoms with Crippen LogP contribution in [-0.2, 0) is 19.1 Å². The van der Waals surface area contributed by atoms with Gasteiger partial charge in [-0.05, 0) is 19.3 Å². The molecule has 2 amide bonds. The van der Waals surface area contributed by atoms with Crippen LogP contribution in [0, 0.1) is 11.8 Å². The quantitative estimate of drug-likeness (QED) is 0.325. The SMILES string of the molecule is C=CC(=O)OCCCN1C(=O)C2CCCCC2C1=O. The summed E-state index contributed by atoms with van der Waals surface area (Å²) in [6.45, 7) is 3.84. The smallest absolute Gasteiger partial charge is 0.330 e. The van der Waals surface area contributed by atoms with Crippen LogP contribution in [0.1, 0.15) is 32.1 Å². The van der Waals surface area contributed by atoms with Gasteiger partial charge < -0.3 is 4.74 Å². The number of likely N-dealkylation sites (tertiary alicyclic amines) is 1. The molecule has 104 valence electrons. The highest BCUT2D eigenvalue weighted by molar-refractivity contribution is 6.05. The molecule has 5 nitrogen and oxygen atoms in total. The molecule has 0 N–H and O–H groups in total. The summed E-state index contributed by atoms with van der Waals surface area (Å²) in [4.78, 5) is 36.4. The van der Waals surface area contributed by atoms with Gasteiger partial charge in [-0.25, -0.2) is 4.79 Å². The summed E-state index contributed by atoms with van der Waals surface area (Å²) in [6.07, 6.45) is 5.31. The average molecular weight is 265 g/mol. The Morgan fingerprint density at radius 1 is 1.26 bits per heavy atom. The van der Waals surface area contributed by atoms with Gasteiger partial charge in [-0.3, -0.25) is 14.5 Å². The van der Waals surface area contributed by atoms with Gasteiger partial charge in [-0.1, -0.05) is 19.4 Å². The average Bonchev–Trinajstić information content (AvgIpc) is 2.68. The van der Waals surface area contributed by atoms with E-state index in [2.05, 4.69) is 6.58 Å². The summed E-state index contributed by atoms with van der Waals surface area (Å²) < 4.78 is 4.83. The molecule has 0 radical (unpaired) electrons. The first kappa shape index (κ1) is 13.8. The van der Waals surface area contributed by atoms with E-state index in [1.54, 1.807) is 0 Å². The van der Waals surface area contributed by atoms with Gasteiger partial charge >= 0.3 is 5.97 Å². The maximum Gasteiger partial charge on any atom is 0.330 e. The van der Waals surface area contributed by atoms with Crippen molar-refractivity contribution in [1.82, 2.24) is 4.90 Å². The summed E-state index contributed by atoms with van der Waals surface area (Å²) in [6, 6.07) is 0. The van der Waals surface area contributed by atoms with E-state index in [4.69, 9.17) is 4.74 Å². The van der Waals surface area contributed by atoms with E-state index >= 15 is 0 Å². The summed E-state index contributed by atoms with van der Waals surface area (Å²) in [5, 5.41) is 0. The molecule has 2 unspecified atom stereocenters. The standard InChI is InChI=1S/C14H19NO4/c1-2-12(16)19-9-5-8-15-13(17)10-6-3-4-7-11(10)14(15)18/h2,10-11H,1,3-9H2. The maximum atomic E-state index is 12.1. The van der Waals surface area contributed by atoms with E-state index in [0.29, 0.717) is 13.0 Å². The molecule has 1 saturated heterocycles. The number of hydrogen-bond acceptors (Lipinski definition) is 4. The number of fused-ring (bicyclic) bond motifs is 1. The number of ether oxygens (including phenoxy) is 1. The Morgan fingerprint density at radius 3 is 2.37 bits per heavy atom. The van der Waals surface area contributed by atoms with Crippen LogP contribution < -0.4 is 0 Å². The molecule has 5 heteroatoms. The van der Waals surface area contributed by atoms with Gasteiger partial charge in [0, 0.05) is 12.6 Å². The van der Waals surface area contributed by atoms with Crippen molar-refractivity contribution < 1.29 is 19.1 Å². The second kappa shape index (κ2) is 5.99. The molecule has 1 aliphatic heterocycles. The van der Waals surface area contributed by atoms with Crippen LogP contribution in [0.4, 0.5) is 0 Å². The second-order valence-electron chi connectivity index (χ2n) is 5.05. The van der Waals surface area contributed by atoms with Crippen LogP contribution in [0.15, 0.2) is 12.7 Å². The Kier molecular flexibility index (Phi) is 4.35. The fourth-order valence-corrected chi connectivity index (χ4v) is 2.91. The molecular formula is C14H19NO4. The van der Waals surface area contributed by atoms with E-state index in [1.807, 2.05) is 0 Å². The van der Waals surface area contributed by atoms with Crippen molar-refractivity contribution in [2.75, 3.05) is 13.2 Å². The van der Waals surface area contributed by atoms with Gasteiger partial charge in [0.15, 0.2) is 0 Å². The van der Waals surface area contributed by atoms with Gasteiger partial charge in [0.25, 0.3) is 0 Å². The van der Waals surface area contributed by atoms with E-state index in [-0.39, 0.29) is 30.3 Å². The molecular weight excluding hydrogens is 246 g/mol. The van der Waals surface area contributed by atoms with E-state index in [9.17, 15) is 14.4 Å². The fourth-order valence-electron chi connectivity index (χ4n) is 2.91. The maximum absolute atomic E-state index is 12.1. The first-order valence-corrected chi connectivity index (χ1v) is 6.79. The van der Waals surface area contributed by atoms with Crippen molar-refractivity contribution in [3.8, 4) is 0 Å². The lowest BCUT2D eigenvalue weighted by atomic mass is 9.81. The Morgan fingerprint density at radius 2 is 1.84 bits per heavy atom. The molecule has 1 aliphatic carbocycles.